The fourth-order valence-electron chi connectivity index (χ4n) is 2.67. The summed E-state index contributed by atoms with van der Waals surface area (Å²) < 4.78 is 36.5. The Labute approximate surface area is 137 Å². The van der Waals surface area contributed by atoms with Crippen LogP contribution in [0.25, 0.3) is 0 Å². The van der Waals surface area contributed by atoms with Crippen LogP contribution in [0.1, 0.15) is 35.2 Å². The summed E-state index contributed by atoms with van der Waals surface area (Å²) >= 11 is 0. The van der Waals surface area contributed by atoms with Crippen LogP contribution < -0.4 is 16.4 Å². The van der Waals surface area contributed by atoms with Crippen molar-refractivity contribution in [1.29, 1.82) is 0 Å². The van der Waals surface area contributed by atoms with E-state index >= 15 is 0 Å². The first-order valence-corrected chi connectivity index (χ1v) is 7.68. The highest BCUT2D eigenvalue weighted by Gasteiger charge is 2.29. The molecule has 4 N–H and O–H groups in total. The van der Waals surface area contributed by atoms with Crippen LogP contribution in [0.5, 0.6) is 0 Å². The number of benzene rings is 1. The van der Waals surface area contributed by atoms with Crippen LogP contribution in [0, 0.1) is 12.8 Å². The normalized spacial score (nSPS) is 20.7. The van der Waals surface area contributed by atoms with Crippen molar-refractivity contribution in [2.24, 2.45) is 11.7 Å². The van der Waals surface area contributed by atoms with E-state index in [1.807, 2.05) is 0 Å². The zero-order valence-electron chi connectivity index (χ0n) is 13.2. The number of aryl methyl sites for hydroxylation is 1. The zero-order chi connectivity index (χ0) is 17.9. The lowest BCUT2D eigenvalue weighted by Gasteiger charge is -2.14. The average molecular weight is 343 g/mol. The standard InChI is InChI=1S/C16H20F3N3O2/c1-9-2-3-11(14(23)21-8-16(17,18)19)7-13(9)22-15(24)10-4-5-12(20)6-10/h2-3,7,10,12H,4-6,8,20H2,1H3,(H,21,23)(H,22,24). The number of hydrogen-bond donors (Lipinski definition) is 3. The first-order valence-electron chi connectivity index (χ1n) is 7.68. The van der Waals surface area contributed by atoms with Crippen molar-refractivity contribution in [2.75, 3.05) is 11.9 Å². The summed E-state index contributed by atoms with van der Waals surface area (Å²) in [6.07, 6.45) is -2.37. The molecule has 0 radical (unpaired) electrons. The fourth-order valence-corrected chi connectivity index (χ4v) is 2.67. The number of anilines is 1. The molecule has 2 rings (SSSR count). The van der Waals surface area contributed by atoms with Crippen LogP contribution in [0.2, 0.25) is 0 Å². The largest absolute Gasteiger partial charge is 0.405 e. The summed E-state index contributed by atoms with van der Waals surface area (Å²) in [6.45, 7) is 0.342. The van der Waals surface area contributed by atoms with Crippen LogP contribution in [0.4, 0.5) is 18.9 Å². The lowest BCUT2D eigenvalue weighted by atomic mass is 10.1. The number of nitrogens with two attached hydrogens (primary N) is 1. The maximum atomic E-state index is 12.2. The predicted molar refractivity (Wildman–Crippen MR) is 83.5 cm³/mol. The number of alkyl halides is 3. The fraction of sp³-hybridized carbons (Fsp3) is 0.500. The Morgan fingerprint density at radius 2 is 2.00 bits per heavy atom. The van der Waals surface area contributed by atoms with Gasteiger partial charge >= 0.3 is 6.18 Å². The highest BCUT2D eigenvalue weighted by molar-refractivity contribution is 5.98. The van der Waals surface area contributed by atoms with Gasteiger partial charge in [-0.25, -0.2) is 0 Å². The van der Waals surface area contributed by atoms with Gasteiger partial charge in [-0.1, -0.05) is 6.07 Å². The van der Waals surface area contributed by atoms with Crippen LogP contribution in [-0.2, 0) is 4.79 Å². The number of halogens is 3. The summed E-state index contributed by atoms with van der Waals surface area (Å²) in [4.78, 5) is 24.0. The molecule has 0 spiro atoms. The third-order valence-electron chi connectivity index (χ3n) is 4.05. The van der Waals surface area contributed by atoms with E-state index in [-0.39, 0.29) is 23.4 Å². The molecular weight excluding hydrogens is 323 g/mol. The molecule has 1 aliphatic rings. The highest BCUT2D eigenvalue weighted by atomic mass is 19.4. The smallest absolute Gasteiger partial charge is 0.343 e. The molecule has 0 aliphatic heterocycles. The van der Waals surface area contributed by atoms with Crippen molar-refractivity contribution in [3.63, 3.8) is 0 Å². The van der Waals surface area contributed by atoms with Crippen molar-refractivity contribution in [3.05, 3.63) is 29.3 Å². The number of nitrogens with one attached hydrogen (secondary N) is 2. The van der Waals surface area contributed by atoms with E-state index in [0.717, 1.165) is 12.0 Å². The summed E-state index contributed by atoms with van der Waals surface area (Å²) in [5.74, 6) is -1.20. The van der Waals surface area contributed by atoms with Crippen molar-refractivity contribution in [2.45, 2.75) is 38.4 Å². The van der Waals surface area contributed by atoms with Gasteiger partial charge in [-0.15, -0.1) is 0 Å². The van der Waals surface area contributed by atoms with Gasteiger partial charge in [0.25, 0.3) is 5.91 Å². The maximum Gasteiger partial charge on any atom is 0.405 e. The number of carbonyl (C=O) groups excluding carboxylic acids is 2. The lowest BCUT2D eigenvalue weighted by molar-refractivity contribution is -0.123. The number of carbonyl (C=O) groups is 2. The second kappa shape index (κ2) is 7.21. The third-order valence-corrected chi connectivity index (χ3v) is 4.05. The van der Waals surface area contributed by atoms with Gasteiger partial charge in [0.2, 0.25) is 5.91 Å². The van der Waals surface area contributed by atoms with Gasteiger partial charge in [-0.2, -0.15) is 13.2 Å². The molecule has 0 aromatic heterocycles. The van der Waals surface area contributed by atoms with Gasteiger partial charge in [0, 0.05) is 23.2 Å². The first kappa shape index (κ1) is 18.3. The van der Waals surface area contributed by atoms with Crippen molar-refractivity contribution in [3.8, 4) is 0 Å². The Balaban J connectivity index is 2.05. The Morgan fingerprint density at radius 1 is 1.29 bits per heavy atom. The van der Waals surface area contributed by atoms with Gasteiger partial charge in [0.1, 0.15) is 6.54 Å². The van der Waals surface area contributed by atoms with Crippen LogP contribution >= 0.6 is 0 Å². The van der Waals surface area contributed by atoms with E-state index < -0.39 is 18.6 Å². The summed E-state index contributed by atoms with van der Waals surface area (Å²) in [5.41, 5.74) is 6.99. The van der Waals surface area contributed by atoms with Crippen LogP contribution in [0.3, 0.4) is 0 Å². The molecule has 2 amide bonds. The predicted octanol–water partition coefficient (Wildman–Crippen LogP) is 2.35. The molecule has 0 saturated heterocycles. The van der Waals surface area contributed by atoms with E-state index in [9.17, 15) is 22.8 Å². The van der Waals surface area contributed by atoms with Crippen molar-refractivity contribution in [1.82, 2.24) is 5.32 Å². The van der Waals surface area contributed by atoms with E-state index in [0.29, 0.717) is 18.5 Å². The van der Waals surface area contributed by atoms with Crippen LogP contribution in [0.15, 0.2) is 18.2 Å². The third kappa shape index (κ3) is 4.95. The summed E-state index contributed by atoms with van der Waals surface area (Å²) in [7, 11) is 0. The summed E-state index contributed by atoms with van der Waals surface area (Å²) in [6, 6.07) is 4.40. The highest BCUT2D eigenvalue weighted by Crippen LogP contribution is 2.26. The molecule has 0 heterocycles. The van der Waals surface area contributed by atoms with Gasteiger partial charge < -0.3 is 16.4 Å². The molecule has 1 saturated carbocycles. The molecule has 8 heteroatoms. The Bertz CT molecular complexity index is 631. The number of rotatable bonds is 4. The van der Waals surface area contributed by atoms with E-state index in [4.69, 9.17) is 5.73 Å². The SMILES string of the molecule is Cc1ccc(C(=O)NCC(F)(F)F)cc1NC(=O)C1CCC(N)C1. The molecule has 132 valence electrons. The second-order valence-corrected chi connectivity index (χ2v) is 6.09. The molecule has 1 aromatic carbocycles. The quantitative estimate of drug-likeness (QED) is 0.785. The minimum Gasteiger partial charge on any atom is -0.343 e. The van der Waals surface area contributed by atoms with Crippen LogP contribution in [-0.4, -0.2) is 30.6 Å². The monoisotopic (exact) mass is 343 g/mol. The minimum atomic E-state index is -4.47. The van der Waals surface area contributed by atoms with Gasteiger partial charge in [0.15, 0.2) is 0 Å². The van der Waals surface area contributed by atoms with E-state index in [2.05, 4.69) is 5.32 Å². The second-order valence-electron chi connectivity index (χ2n) is 6.09. The molecule has 2 unspecified atom stereocenters. The van der Waals surface area contributed by atoms with Crippen molar-refractivity contribution < 1.29 is 22.8 Å². The maximum absolute atomic E-state index is 12.2. The van der Waals surface area contributed by atoms with Gasteiger partial charge in [-0.05, 0) is 43.9 Å². The van der Waals surface area contributed by atoms with E-state index in [1.165, 1.54) is 12.1 Å². The average Bonchev–Trinajstić information content (AvgIpc) is 2.93. The Hall–Kier alpha value is -2.09. The first-order chi connectivity index (χ1) is 11.2. The molecule has 0 bridgehead atoms. The minimum absolute atomic E-state index is 0.0151. The molecule has 5 nitrogen and oxygen atoms in total. The summed E-state index contributed by atoms with van der Waals surface area (Å²) in [5, 5.41) is 4.55. The van der Waals surface area contributed by atoms with Crippen molar-refractivity contribution >= 4 is 17.5 Å². The Kier molecular flexibility index (Phi) is 5.48. The van der Waals surface area contributed by atoms with Gasteiger partial charge in [-0.3, -0.25) is 9.59 Å². The number of amides is 2. The molecule has 1 aromatic rings. The lowest BCUT2D eigenvalue weighted by Crippen LogP contribution is -2.33. The Morgan fingerprint density at radius 3 is 2.58 bits per heavy atom. The molecule has 24 heavy (non-hydrogen) atoms. The van der Waals surface area contributed by atoms with E-state index in [1.54, 1.807) is 18.3 Å². The molecular formula is C16H20F3N3O2. The number of hydrogen-bond acceptors (Lipinski definition) is 3. The molecule has 2 atom stereocenters. The molecule has 1 aliphatic carbocycles. The van der Waals surface area contributed by atoms with Gasteiger partial charge in [0.05, 0.1) is 0 Å². The zero-order valence-corrected chi connectivity index (χ0v) is 13.2. The topological polar surface area (TPSA) is 84.2 Å². The molecule has 1 fully saturated rings.